The van der Waals surface area contributed by atoms with Crippen molar-refractivity contribution in [3.8, 4) is 0 Å². The highest BCUT2D eigenvalue weighted by Crippen LogP contribution is 2.52. The summed E-state index contributed by atoms with van der Waals surface area (Å²) in [6.07, 6.45) is 1.61. The summed E-state index contributed by atoms with van der Waals surface area (Å²) in [6.45, 7) is 3.46. The summed E-state index contributed by atoms with van der Waals surface area (Å²) in [5.74, 6) is -1.08. The molecule has 5 unspecified atom stereocenters. The lowest BCUT2D eigenvalue weighted by Gasteiger charge is -2.37. The number of aliphatic hydroxyl groups is 1. The Labute approximate surface area is 89.2 Å². The Kier molecular flexibility index (Phi) is 2.51. The van der Waals surface area contributed by atoms with Crippen LogP contribution in [0.25, 0.3) is 0 Å². The Morgan fingerprint density at radius 3 is 2.47 bits per heavy atom. The number of ether oxygens (including phenoxy) is 1. The van der Waals surface area contributed by atoms with Gasteiger partial charge in [0.1, 0.15) is 5.41 Å². The van der Waals surface area contributed by atoms with Crippen LogP contribution in [0.2, 0.25) is 0 Å². The standard InChI is InChI=1S/C11H18O4/c1-6(7(2)12)11(10(13)14)5-8-3-4-9(11)15-8/h6-9,12H,3-5H2,1-2H3,(H,13,14). The van der Waals surface area contributed by atoms with Crippen LogP contribution >= 0.6 is 0 Å². The minimum atomic E-state index is -0.864. The normalized spacial score (nSPS) is 42.9. The van der Waals surface area contributed by atoms with Gasteiger partial charge in [0.25, 0.3) is 0 Å². The molecule has 2 heterocycles. The molecular weight excluding hydrogens is 196 g/mol. The van der Waals surface area contributed by atoms with Crippen molar-refractivity contribution in [1.82, 2.24) is 0 Å². The number of rotatable bonds is 3. The molecule has 2 bridgehead atoms. The van der Waals surface area contributed by atoms with E-state index in [9.17, 15) is 15.0 Å². The van der Waals surface area contributed by atoms with Gasteiger partial charge < -0.3 is 14.9 Å². The van der Waals surface area contributed by atoms with Gasteiger partial charge in [-0.2, -0.15) is 0 Å². The lowest BCUT2D eigenvalue weighted by atomic mass is 9.64. The summed E-state index contributed by atoms with van der Waals surface area (Å²) >= 11 is 0. The Balaban J connectivity index is 2.30. The monoisotopic (exact) mass is 214 g/mol. The number of hydrogen-bond donors (Lipinski definition) is 2. The van der Waals surface area contributed by atoms with E-state index in [1.165, 1.54) is 0 Å². The Morgan fingerprint density at radius 1 is 1.47 bits per heavy atom. The molecule has 2 saturated heterocycles. The predicted molar refractivity (Wildman–Crippen MR) is 53.4 cm³/mol. The maximum Gasteiger partial charge on any atom is 0.312 e. The van der Waals surface area contributed by atoms with E-state index in [1.807, 2.05) is 6.92 Å². The van der Waals surface area contributed by atoms with Crippen LogP contribution in [0, 0.1) is 11.3 Å². The summed E-state index contributed by atoms with van der Waals surface area (Å²) in [4.78, 5) is 11.5. The first kappa shape index (κ1) is 10.9. The molecule has 0 saturated carbocycles. The highest BCUT2D eigenvalue weighted by Gasteiger charge is 2.60. The molecule has 2 rings (SSSR count). The lowest BCUT2D eigenvalue weighted by Crippen LogP contribution is -2.48. The largest absolute Gasteiger partial charge is 0.481 e. The SMILES string of the molecule is CC(O)C(C)C1(C(=O)O)CC2CCC1O2. The van der Waals surface area contributed by atoms with Crippen LogP contribution in [0.3, 0.4) is 0 Å². The minimum Gasteiger partial charge on any atom is -0.481 e. The lowest BCUT2D eigenvalue weighted by molar-refractivity contribution is -0.160. The number of aliphatic carboxylic acids is 1. The smallest absolute Gasteiger partial charge is 0.312 e. The van der Waals surface area contributed by atoms with Crippen LogP contribution in [0.4, 0.5) is 0 Å². The van der Waals surface area contributed by atoms with Crippen molar-refractivity contribution in [3.05, 3.63) is 0 Å². The second-order valence-corrected chi connectivity index (χ2v) is 4.90. The van der Waals surface area contributed by atoms with E-state index >= 15 is 0 Å². The number of carboxylic acid groups (broad SMARTS) is 1. The predicted octanol–water partition coefficient (Wildman–Crippen LogP) is 1.03. The molecule has 0 aliphatic carbocycles. The fraction of sp³-hybridized carbons (Fsp3) is 0.909. The van der Waals surface area contributed by atoms with Crippen molar-refractivity contribution in [2.75, 3.05) is 0 Å². The van der Waals surface area contributed by atoms with E-state index in [1.54, 1.807) is 6.92 Å². The van der Waals surface area contributed by atoms with Crippen LogP contribution in [-0.2, 0) is 9.53 Å². The van der Waals surface area contributed by atoms with Crippen molar-refractivity contribution in [2.24, 2.45) is 11.3 Å². The third kappa shape index (κ3) is 1.39. The first-order valence-corrected chi connectivity index (χ1v) is 5.55. The number of hydrogen-bond acceptors (Lipinski definition) is 3. The number of carbonyl (C=O) groups is 1. The molecule has 15 heavy (non-hydrogen) atoms. The molecule has 4 nitrogen and oxygen atoms in total. The van der Waals surface area contributed by atoms with Gasteiger partial charge in [-0.1, -0.05) is 6.92 Å². The fourth-order valence-electron chi connectivity index (χ4n) is 3.07. The van der Waals surface area contributed by atoms with Gasteiger partial charge in [-0.3, -0.25) is 4.79 Å². The van der Waals surface area contributed by atoms with Gasteiger partial charge in [-0.05, 0) is 26.2 Å². The van der Waals surface area contributed by atoms with Crippen LogP contribution < -0.4 is 0 Å². The zero-order valence-corrected chi connectivity index (χ0v) is 9.14. The molecule has 0 amide bonds. The Bertz CT molecular complexity index is 276. The first-order valence-electron chi connectivity index (χ1n) is 5.55. The molecule has 86 valence electrons. The topological polar surface area (TPSA) is 66.8 Å². The third-order valence-electron chi connectivity index (χ3n) is 4.18. The van der Waals surface area contributed by atoms with Crippen molar-refractivity contribution in [1.29, 1.82) is 0 Å². The highest BCUT2D eigenvalue weighted by molar-refractivity contribution is 5.76. The van der Waals surface area contributed by atoms with E-state index in [4.69, 9.17) is 4.74 Å². The first-order chi connectivity index (χ1) is 6.98. The molecule has 2 aliphatic rings. The van der Waals surface area contributed by atoms with Crippen molar-refractivity contribution in [2.45, 2.75) is 51.4 Å². The maximum absolute atomic E-state index is 11.5. The molecule has 0 spiro atoms. The average molecular weight is 214 g/mol. The van der Waals surface area contributed by atoms with Crippen LogP contribution in [-0.4, -0.2) is 34.5 Å². The molecule has 0 aromatic heterocycles. The van der Waals surface area contributed by atoms with Gasteiger partial charge in [-0.15, -0.1) is 0 Å². The van der Waals surface area contributed by atoms with Gasteiger partial charge in [0.05, 0.1) is 18.3 Å². The molecule has 4 heteroatoms. The summed E-state index contributed by atoms with van der Waals surface area (Å²) in [5.41, 5.74) is -0.864. The molecule has 0 aromatic carbocycles. The molecule has 5 atom stereocenters. The Morgan fingerprint density at radius 2 is 2.13 bits per heavy atom. The zero-order chi connectivity index (χ0) is 11.2. The fourth-order valence-corrected chi connectivity index (χ4v) is 3.07. The second kappa shape index (κ2) is 3.46. The van der Waals surface area contributed by atoms with Crippen molar-refractivity contribution >= 4 is 5.97 Å². The van der Waals surface area contributed by atoms with Gasteiger partial charge >= 0.3 is 5.97 Å². The van der Waals surface area contributed by atoms with E-state index in [-0.39, 0.29) is 18.1 Å². The van der Waals surface area contributed by atoms with Crippen molar-refractivity contribution in [3.63, 3.8) is 0 Å². The number of aliphatic hydroxyl groups excluding tert-OH is 1. The number of carboxylic acids is 1. The molecule has 2 N–H and O–H groups in total. The second-order valence-electron chi connectivity index (χ2n) is 4.90. The van der Waals surface area contributed by atoms with E-state index < -0.39 is 17.5 Å². The quantitative estimate of drug-likeness (QED) is 0.736. The average Bonchev–Trinajstić information content (AvgIpc) is 2.75. The van der Waals surface area contributed by atoms with Crippen LogP contribution in [0.1, 0.15) is 33.1 Å². The molecule has 0 radical (unpaired) electrons. The summed E-state index contributed by atoms with van der Waals surface area (Å²) < 4.78 is 5.63. The van der Waals surface area contributed by atoms with Gasteiger partial charge in [0, 0.05) is 5.92 Å². The van der Waals surface area contributed by atoms with E-state index in [0.717, 1.165) is 12.8 Å². The van der Waals surface area contributed by atoms with Crippen LogP contribution in [0.5, 0.6) is 0 Å². The van der Waals surface area contributed by atoms with Gasteiger partial charge in [-0.25, -0.2) is 0 Å². The van der Waals surface area contributed by atoms with Crippen LogP contribution in [0.15, 0.2) is 0 Å². The zero-order valence-electron chi connectivity index (χ0n) is 9.14. The molecule has 0 aromatic rings. The van der Waals surface area contributed by atoms with Crippen molar-refractivity contribution < 1.29 is 19.7 Å². The number of fused-ring (bicyclic) bond motifs is 2. The minimum absolute atomic E-state index is 0.0901. The molecular formula is C11H18O4. The van der Waals surface area contributed by atoms with E-state index in [0.29, 0.717) is 6.42 Å². The Hall–Kier alpha value is -0.610. The highest BCUT2D eigenvalue weighted by atomic mass is 16.5. The van der Waals surface area contributed by atoms with Gasteiger partial charge in [0.15, 0.2) is 0 Å². The summed E-state index contributed by atoms with van der Waals surface area (Å²) in [7, 11) is 0. The van der Waals surface area contributed by atoms with E-state index in [2.05, 4.69) is 0 Å². The molecule has 2 fully saturated rings. The molecule has 2 aliphatic heterocycles. The third-order valence-corrected chi connectivity index (χ3v) is 4.18. The maximum atomic E-state index is 11.5. The van der Waals surface area contributed by atoms with Gasteiger partial charge in [0.2, 0.25) is 0 Å². The summed E-state index contributed by atoms with van der Waals surface area (Å²) in [6, 6.07) is 0. The summed E-state index contributed by atoms with van der Waals surface area (Å²) in [5, 5.41) is 19.0.